The SMILES string of the molecule is CC12CC3CC(C1)CC(NC(=O)C14CC5(C)CC(C)(C1)CC(C(=O)NC16CC7CC(CC(C)(C7)C1)C6)(C5)C4)(C3)C2. The summed E-state index contributed by atoms with van der Waals surface area (Å²) in [5.74, 6) is 3.90. The van der Waals surface area contributed by atoms with Gasteiger partial charge in [0, 0.05) is 11.1 Å². The molecule has 2 amide bonds. The Bertz CT molecular complexity index is 1070. The largest absolute Gasteiger partial charge is 0.350 e. The molecule has 2 N–H and O–H groups in total. The van der Waals surface area contributed by atoms with Gasteiger partial charge in [0.25, 0.3) is 0 Å². The molecule has 4 nitrogen and oxygen atoms in total. The number of rotatable bonds is 4. The Morgan fingerprint density at radius 3 is 1.12 bits per heavy atom. The Morgan fingerprint density at radius 2 is 0.800 bits per heavy atom. The van der Waals surface area contributed by atoms with Crippen LogP contribution in [0.25, 0.3) is 0 Å². The van der Waals surface area contributed by atoms with E-state index in [4.69, 9.17) is 0 Å². The lowest BCUT2D eigenvalue weighted by atomic mass is 9.35. The summed E-state index contributed by atoms with van der Waals surface area (Å²) in [4.78, 5) is 29.5. The molecule has 0 aromatic heterocycles. The predicted molar refractivity (Wildman–Crippen MR) is 156 cm³/mol. The maximum Gasteiger partial charge on any atom is 0.226 e. The summed E-state index contributed by atoms with van der Waals surface area (Å²) in [6.07, 6.45) is 21.4. The van der Waals surface area contributed by atoms with Gasteiger partial charge in [0.1, 0.15) is 0 Å². The van der Waals surface area contributed by atoms with Crippen LogP contribution in [0.3, 0.4) is 0 Å². The van der Waals surface area contributed by atoms with Crippen molar-refractivity contribution in [3.63, 3.8) is 0 Å². The Kier molecular flexibility index (Phi) is 4.56. The van der Waals surface area contributed by atoms with Gasteiger partial charge in [-0.1, -0.05) is 27.7 Å². The van der Waals surface area contributed by atoms with Crippen molar-refractivity contribution < 1.29 is 9.59 Å². The molecule has 12 bridgehead atoms. The van der Waals surface area contributed by atoms with Crippen molar-refractivity contribution in [2.24, 2.45) is 56.2 Å². The third kappa shape index (κ3) is 3.49. The van der Waals surface area contributed by atoms with Crippen LogP contribution in [0, 0.1) is 56.2 Å². The molecule has 40 heavy (non-hydrogen) atoms. The quantitative estimate of drug-likeness (QED) is 0.389. The fourth-order valence-electron chi connectivity index (χ4n) is 16.7. The van der Waals surface area contributed by atoms with E-state index < -0.39 is 0 Å². The zero-order valence-corrected chi connectivity index (χ0v) is 25.9. The zero-order chi connectivity index (χ0) is 27.6. The second-order valence-electron chi connectivity index (χ2n) is 20.3. The zero-order valence-electron chi connectivity index (χ0n) is 25.9. The van der Waals surface area contributed by atoms with Crippen LogP contribution in [0.5, 0.6) is 0 Å². The van der Waals surface area contributed by atoms with E-state index in [0.717, 1.165) is 55.8 Å². The number of hydrogen-bond donors (Lipinski definition) is 2. The van der Waals surface area contributed by atoms with Crippen molar-refractivity contribution in [3.05, 3.63) is 0 Å². The average Bonchev–Trinajstić information content (AvgIpc) is 2.72. The van der Waals surface area contributed by atoms with Gasteiger partial charge in [-0.3, -0.25) is 9.59 Å². The van der Waals surface area contributed by atoms with E-state index >= 15 is 0 Å². The minimum atomic E-state index is -0.368. The summed E-state index contributed by atoms with van der Waals surface area (Å²) >= 11 is 0. The fourth-order valence-corrected chi connectivity index (χ4v) is 16.7. The van der Waals surface area contributed by atoms with Crippen LogP contribution in [0.15, 0.2) is 0 Å². The summed E-state index contributed by atoms with van der Waals surface area (Å²) in [6.45, 7) is 9.87. The topological polar surface area (TPSA) is 58.2 Å². The van der Waals surface area contributed by atoms with Crippen LogP contribution in [0.4, 0.5) is 0 Å². The fraction of sp³-hybridized carbons (Fsp3) is 0.944. The van der Waals surface area contributed by atoms with E-state index in [9.17, 15) is 9.59 Å². The summed E-state index contributed by atoms with van der Waals surface area (Å²) in [5, 5.41) is 7.72. The van der Waals surface area contributed by atoms with Crippen molar-refractivity contribution in [2.45, 2.75) is 154 Å². The number of hydrogen-bond acceptors (Lipinski definition) is 2. The lowest BCUT2D eigenvalue weighted by molar-refractivity contribution is -0.204. The Hall–Kier alpha value is -1.06. The standard InChI is InChI=1S/C36H54N2O2/c1-29-7-23-5-24(8-29)12-35(11-23,20-29)37-27(39)33-16-31(3)15-32(4,17-33)19-34(18-31,22-33)28(40)38-36-13-25-6-26(14-36)10-30(2,9-25)21-36/h23-26H,5-22H2,1-4H3,(H,37,39)(H,38,40). The predicted octanol–water partition coefficient (Wildman–Crippen LogP) is 7.30. The van der Waals surface area contributed by atoms with E-state index in [0.29, 0.717) is 22.6 Å². The minimum absolute atomic E-state index is 0.0190. The normalized spacial score (nSPS) is 61.7. The molecule has 4 atom stereocenters. The van der Waals surface area contributed by atoms with Crippen LogP contribution in [-0.4, -0.2) is 22.9 Å². The van der Waals surface area contributed by atoms with Crippen molar-refractivity contribution in [3.8, 4) is 0 Å². The van der Waals surface area contributed by atoms with E-state index in [1.54, 1.807) is 0 Å². The van der Waals surface area contributed by atoms with E-state index in [-0.39, 0.29) is 32.7 Å². The van der Waals surface area contributed by atoms with Gasteiger partial charge in [-0.2, -0.15) is 0 Å². The highest BCUT2D eigenvalue weighted by atomic mass is 16.2. The van der Waals surface area contributed by atoms with Gasteiger partial charge in [0.2, 0.25) is 11.8 Å². The molecule has 220 valence electrons. The second-order valence-corrected chi connectivity index (χ2v) is 20.3. The summed E-state index contributed by atoms with van der Waals surface area (Å²) in [7, 11) is 0. The number of nitrogens with one attached hydrogen (secondary N) is 2. The number of carbonyl (C=O) groups is 2. The van der Waals surface area contributed by atoms with Crippen LogP contribution < -0.4 is 10.6 Å². The first kappa shape index (κ1) is 25.4. The third-order valence-electron chi connectivity index (χ3n) is 15.0. The molecule has 0 spiro atoms. The first-order valence-corrected chi connectivity index (χ1v) is 17.3. The van der Waals surface area contributed by atoms with Gasteiger partial charge >= 0.3 is 0 Å². The van der Waals surface area contributed by atoms with Gasteiger partial charge in [0.15, 0.2) is 0 Å². The lowest BCUT2D eigenvalue weighted by Crippen LogP contribution is -2.71. The van der Waals surface area contributed by atoms with Gasteiger partial charge in [0.05, 0.1) is 10.8 Å². The molecule has 0 heterocycles. The second kappa shape index (κ2) is 7.18. The summed E-state index contributed by atoms with van der Waals surface area (Å²) in [5.41, 5.74) is 0.341. The van der Waals surface area contributed by atoms with E-state index in [1.807, 2.05) is 0 Å². The minimum Gasteiger partial charge on any atom is -0.350 e. The first-order chi connectivity index (χ1) is 18.6. The molecular formula is C36H54N2O2. The molecular weight excluding hydrogens is 492 g/mol. The highest BCUT2D eigenvalue weighted by Crippen LogP contribution is 2.74. The average molecular weight is 547 g/mol. The molecule has 4 unspecified atom stereocenters. The molecule has 0 saturated heterocycles. The first-order valence-electron chi connectivity index (χ1n) is 17.3. The van der Waals surface area contributed by atoms with Gasteiger partial charge < -0.3 is 10.6 Å². The van der Waals surface area contributed by atoms with Crippen LogP contribution >= 0.6 is 0 Å². The molecule has 12 rings (SSSR count). The lowest BCUT2D eigenvalue weighted by Gasteiger charge is -2.69. The van der Waals surface area contributed by atoms with Crippen molar-refractivity contribution in [1.82, 2.24) is 10.6 Å². The molecule has 12 aliphatic carbocycles. The molecule has 0 aromatic carbocycles. The molecule has 12 saturated carbocycles. The van der Waals surface area contributed by atoms with Crippen molar-refractivity contribution in [1.29, 1.82) is 0 Å². The third-order valence-corrected chi connectivity index (χ3v) is 15.0. The molecule has 12 aliphatic rings. The molecule has 0 aromatic rings. The Balaban J connectivity index is 1.02. The Morgan fingerprint density at radius 1 is 0.450 bits per heavy atom. The molecule has 0 aliphatic heterocycles. The molecule has 0 radical (unpaired) electrons. The van der Waals surface area contributed by atoms with E-state index in [2.05, 4.69) is 38.3 Å². The number of carbonyl (C=O) groups excluding carboxylic acids is 2. The molecule has 4 heteroatoms. The van der Waals surface area contributed by atoms with Crippen molar-refractivity contribution in [2.75, 3.05) is 0 Å². The number of amides is 2. The Labute approximate surface area is 242 Å². The van der Waals surface area contributed by atoms with Gasteiger partial charge in [-0.25, -0.2) is 0 Å². The maximum absolute atomic E-state index is 14.7. The van der Waals surface area contributed by atoms with Crippen LogP contribution in [0.1, 0.15) is 143 Å². The van der Waals surface area contributed by atoms with Crippen LogP contribution in [0.2, 0.25) is 0 Å². The van der Waals surface area contributed by atoms with Gasteiger partial charge in [-0.15, -0.1) is 0 Å². The monoisotopic (exact) mass is 546 g/mol. The van der Waals surface area contributed by atoms with Gasteiger partial charge in [-0.05, 0) is 161 Å². The molecule has 12 fully saturated rings. The van der Waals surface area contributed by atoms with Crippen LogP contribution in [-0.2, 0) is 9.59 Å². The van der Waals surface area contributed by atoms with E-state index in [1.165, 1.54) is 83.5 Å². The maximum atomic E-state index is 14.7. The summed E-state index contributed by atoms with van der Waals surface area (Å²) in [6, 6.07) is 0. The smallest absolute Gasteiger partial charge is 0.226 e. The highest BCUT2D eigenvalue weighted by Gasteiger charge is 2.71. The highest BCUT2D eigenvalue weighted by molar-refractivity contribution is 5.89. The summed E-state index contributed by atoms with van der Waals surface area (Å²) < 4.78 is 0. The van der Waals surface area contributed by atoms with Crippen molar-refractivity contribution >= 4 is 11.8 Å².